The van der Waals surface area contributed by atoms with Crippen LogP contribution >= 0.6 is 11.6 Å². The van der Waals surface area contributed by atoms with Crippen LogP contribution < -0.4 is 10.6 Å². The number of nitrogens with zero attached hydrogens (tertiary/aromatic N) is 1. The number of carbonyl (C=O) groups is 2. The van der Waals surface area contributed by atoms with Crippen molar-refractivity contribution in [2.45, 2.75) is 31.7 Å². The van der Waals surface area contributed by atoms with Gasteiger partial charge in [-0.15, -0.1) is 0 Å². The van der Waals surface area contributed by atoms with Gasteiger partial charge in [0, 0.05) is 22.9 Å². The number of pyridine rings is 1. The van der Waals surface area contributed by atoms with Gasteiger partial charge in [-0.1, -0.05) is 17.7 Å². The van der Waals surface area contributed by atoms with E-state index in [1.54, 1.807) is 36.4 Å². The highest BCUT2D eigenvalue weighted by Crippen LogP contribution is 2.26. The number of nitrogens with one attached hydrogen (secondary N) is 2. The van der Waals surface area contributed by atoms with E-state index in [-0.39, 0.29) is 17.9 Å². The normalized spacial score (nSPS) is 19.6. The summed E-state index contributed by atoms with van der Waals surface area (Å²) in [6, 6.07) is 10.6. The Morgan fingerprint density at radius 2 is 1.88 bits per heavy atom. The van der Waals surface area contributed by atoms with E-state index in [1.165, 1.54) is 6.20 Å². The Bertz CT molecular complexity index is 787. The number of halogens is 1. The van der Waals surface area contributed by atoms with Crippen LogP contribution in [0, 0.1) is 5.92 Å². The van der Waals surface area contributed by atoms with Crippen molar-refractivity contribution >= 4 is 35.0 Å². The summed E-state index contributed by atoms with van der Waals surface area (Å²) in [7, 11) is 0. The van der Waals surface area contributed by atoms with E-state index in [1.807, 2.05) is 0 Å². The maximum atomic E-state index is 12.3. The van der Waals surface area contributed by atoms with Crippen molar-refractivity contribution in [1.82, 2.24) is 4.98 Å². The third-order valence-electron chi connectivity index (χ3n) is 4.54. The first kappa shape index (κ1) is 18.2. The van der Waals surface area contributed by atoms with Crippen LogP contribution in [-0.2, 0) is 4.79 Å². The number of amides is 1. The van der Waals surface area contributed by atoms with Gasteiger partial charge in [-0.2, -0.15) is 0 Å². The largest absolute Gasteiger partial charge is 0.481 e. The van der Waals surface area contributed by atoms with Gasteiger partial charge in [0.05, 0.1) is 11.5 Å². The van der Waals surface area contributed by atoms with Crippen LogP contribution in [0.4, 0.5) is 11.5 Å². The molecule has 26 heavy (non-hydrogen) atoms. The lowest BCUT2D eigenvalue weighted by Crippen LogP contribution is -2.29. The molecule has 1 aromatic heterocycles. The van der Waals surface area contributed by atoms with Gasteiger partial charge in [-0.05, 0) is 56.0 Å². The van der Waals surface area contributed by atoms with Crippen LogP contribution in [-0.4, -0.2) is 28.0 Å². The van der Waals surface area contributed by atoms with Crippen LogP contribution in [0.1, 0.15) is 36.0 Å². The summed E-state index contributed by atoms with van der Waals surface area (Å²) in [6.45, 7) is 0. The van der Waals surface area contributed by atoms with E-state index in [2.05, 4.69) is 15.6 Å². The summed E-state index contributed by atoms with van der Waals surface area (Å²) >= 11 is 5.91. The molecule has 6 nitrogen and oxygen atoms in total. The molecule has 1 fully saturated rings. The second-order valence-electron chi connectivity index (χ2n) is 6.43. The summed E-state index contributed by atoms with van der Waals surface area (Å²) < 4.78 is 0. The Labute approximate surface area is 156 Å². The third-order valence-corrected chi connectivity index (χ3v) is 4.77. The fraction of sp³-hybridized carbons (Fsp3) is 0.316. The highest BCUT2D eigenvalue weighted by atomic mass is 35.5. The minimum atomic E-state index is -0.711. The Morgan fingerprint density at radius 1 is 1.12 bits per heavy atom. The standard InChI is InChI=1S/C19H20ClN3O3/c20-14-2-1-3-16(10-14)23-18(24)13-6-9-17(21-11-13)22-15-7-4-12(5-8-15)19(25)26/h1-3,6,9-12,15H,4-5,7-8H2,(H,21,22)(H,23,24)(H,25,26). The van der Waals surface area contributed by atoms with Crippen molar-refractivity contribution in [3.63, 3.8) is 0 Å². The topological polar surface area (TPSA) is 91.3 Å². The second kappa shape index (κ2) is 8.19. The molecule has 2 aromatic rings. The van der Waals surface area contributed by atoms with E-state index < -0.39 is 5.97 Å². The zero-order valence-corrected chi connectivity index (χ0v) is 14.9. The van der Waals surface area contributed by atoms with Crippen molar-refractivity contribution in [2.24, 2.45) is 5.92 Å². The number of aromatic nitrogens is 1. The zero-order valence-electron chi connectivity index (χ0n) is 14.1. The van der Waals surface area contributed by atoms with Crippen molar-refractivity contribution in [3.8, 4) is 0 Å². The van der Waals surface area contributed by atoms with Gasteiger partial charge in [0.15, 0.2) is 0 Å². The molecule has 136 valence electrons. The van der Waals surface area contributed by atoms with E-state index in [0.717, 1.165) is 12.8 Å². The number of anilines is 2. The molecule has 1 aliphatic rings. The number of rotatable bonds is 5. The Hall–Kier alpha value is -2.60. The van der Waals surface area contributed by atoms with Gasteiger partial charge in [0.25, 0.3) is 5.91 Å². The summed E-state index contributed by atoms with van der Waals surface area (Å²) in [5.74, 6) is -0.522. The molecule has 1 heterocycles. The molecule has 0 aliphatic heterocycles. The van der Waals surface area contributed by atoms with Gasteiger partial charge in [0.2, 0.25) is 0 Å². The van der Waals surface area contributed by atoms with Crippen LogP contribution in [0.3, 0.4) is 0 Å². The number of aliphatic carboxylic acids is 1. The molecule has 0 saturated heterocycles. The van der Waals surface area contributed by atoms with Crippen molar-refractivity contribution < 1.29 is 14.7 Å². The first-order chi connectivity index (χ1) is 12.5. The lowest BCUT2D eigenvalue weighted by Gasteiger charge is -2.27. The first-order valence-corrected chi connectivity index (χ1v) is 8.91. The third kappa shape index (κ3) is 4.73. The molecule has 3 rings (SSSR count). The molecule has 1 saturated carbocycles. The number of benzene rings is 1. The minimum absolute atomic E-state index is 0.212. The van der Waals surface area contributed by atoms with E-state index in [9.17, 15) is 9.59 Å². The van der Waals surface area contributed by atoms with Crippen LogP contribution in [0.15, 0.2) is 42.6 Å². The molecule has 1 aromatic carbocycles. The Morgan fingerprint density at radius 3 is 2.50 bits per heavy atom. The second-order valence-corrected chi connectivity index (χ2v) is 6.86. The average Bonchev–Trinajstić information content (AvgIpc) is 2.63. The maximum absolute atomic E-state index is 12.3. The Balaban J connectivity index is 1.55. The summed E-state index contributed by atoms with van der Waals surface area (Å²) in [5.41, 5.74) is 1.07. The zero-order chi connectivity index (χ0) is 18.5. The van der Waals surface area contributed by atoms with Crippen LogP contribution in [0.2, 0.25) is 5.02 Å². The molecule has 0 unspecified atom stereocenters. The van der Waals surface area contributed by atoms with Gasteiger partial charge in [-0.25, -0.2) is 4.98 Å². The fourth-order valence-corrected chi connectivity index (χ4v) is 3.27. The summed E-state index contributed by atoms with van der Waals surface area (Å²) in [5, 5.41) is 15.7. The lowest BCUT2D eigenvalue weighted by molar-refractivity contribution is -0.142. The van der Waals surface area contributed by atoms with Crippen LogP contribution in [0.25, 0.3) is 0 Å². The van der Waals surface area contributed by atoms with Gasteiger partial charge in [0.1, 0.15) is 5.82 Å². The molecule has 3 N–H and O–H groups in total. The molecule has 0 radical (unpaired) electrons. The van der Waals surface area contributed by atoms with Crippen LogP contribution in [0.5, 0.6) is 0 Å². The minimum Gasteiger partial charge on any atom is -0.481 e. The van der Waals surface area contributed by atoms with E-state index >= 15 is 0 Å². The summed E-state index contributed by atoms with van der Waals surface area (Å²) in [6.07, 6.45) is 4.47. The predicted molar refractivity (Wildman–Crippen MR) is 101 cm³/mol. The highest BCUT2D eigenvalue weighted by Gasteiger charge is 2.25. The smallest absolute Gasteiger partial charge is 0.306 e. The fourth-order valence-electron chi connectivity index (χ4n) is 3.08. The highest BCUT2D eigenvalue weighted by molar-refractivity contribution is 6.30. The Kier molecular flexibility index (Phi) is 5.73. The van der Waals surface area contributed by atoms with Gasteiger partial charge in [-0.3, -0.25) is 9.59 Å². The number of carbonyl (C=O) groups excluding carboxylic acids is 1. The maximum Gasteiger partial charge on any atom is 0.306 e. The molecule has 7 heteroatoms. The molecule has 0 atom stereocenters. The van der Waals surface area contributed by atoms with Crippen molar-refractivity contribution in [1.29, 1.82) is 0 Å². The molecular weight excluding hydrogens is 354 g/mol. The molecular formula is C19H20ClN3O3. The van der Waals surface area contributed by atoms with E-state index in [4.69, 9.17) is 16.7 Å². The molecule has 0 spiro atoms. The molecule has 0 bridgehead atoms. The quantitative estimate of drug-likeness (QED) is 0.735. The lowest BCUT2D eigenvalue weighted by atomic mass is 9.86. The van der Waals surface area contributed by atoms with E-state index in [0.29, 0.717) is 34.9 Å². The average molecular weight is 374 g/mol. The SMILES string of the molecule is O=C(Nc1cccc(Cl)c1)c1ccc(NC2CCC(C(=O)O)CC2)nc1. The molecule has 1 aliphatic carbocycles. The number of carboxylic acid groups (broad SMARTS) is 1. The molecule has 1 amide bonds. The van der Waals surface area contributed by atoms with Gasteiger partial charge < -0.3 is 15.7 Å². The van der Waals surface area contributed by atoms with Crippen molar-refractivity contribution in [2.75, 3.05) is 10.6 Å². The number of hydrogen-bond donors (Lipinski definition) is 3. The summed E-state index contributed by atoms with van der Waals surface area (Å²) in [4.78, 5) is 27.5. The first-order valence-electron chi connectivity index (χ1n) is 8.53. The van der Waals surface area contributed by atoms with Crippen molar-refractivity contribution in [3.05, 3.63) is 53.2 Å². The predicted octanol–water partition coefficient (Wildman–Crippen LogP) is 4.04. The van der Waals surface area contributed by atoms with Gasteiger partial charge >= 0.3 is 5.97 Å². The number of carboxylic acids is 1. The number of hydrogen-bond acceptors (Lipinski definition) is 4. The monoisotopic (exact) mass is 373 g/mol.